The van der Waals surface area contributed by atoms with Crippen LogP contribution in [-0.2, 0) is 16.1 Å². The van der Waals surface area contributed by atoms with Gasteiger partial charge in [0.05, 0.1) is 5.56 Å². The van der Waals surface area contributed by atoms with Crippen molar-refractivity contribution in [1.82, 2.24) is 15.5 Å². The fourth-order valence-electron chi connectivity index (χ4n) is 4.55. The number of nitrogens with zero attached hydrogens (tertiary/aromatic N) is 2. The number of amides is 3. The topological polar surface area (TPSA) is 81.8 Å². The van der Waals surface area contributed by atoms with Crippen molar-refractivity contribution in [3.8, 4) is 0 Å². The first-order chi connectivity index (χ1) is 12.5. The minimum Gasteiger partial charge on any atom is -0.368 e. The lowest BCUT2D eigenvalue weighted by Crippen LogP contribution is -2.67. The third kappa shape index (κ3) is 2.32. The highest BCUT2D eigenvalue weighted by Crippen LogP contribution is 2.34. The summed E-state index contributed by atoms with van der Waals surface area (Å²) in [6.45, 7) is 1.86. The summed E-state index contributed by atoms with van der Waals surface area (Å²) < 4.78 is 14.7. The molecule has 6 rings (SSSR count). The predicted octanol–water partition coefficient (Wildman–Crippen LogP) is 0.137. The number of nitrogens with one attached hydrogen (secondary N) is 2. The van der Waals surface area contributed by atoms with E-state index in [9.17, 15) is 18.8 Å². The van der Waals surface area contributed by atoms with Crippen molar-refractivity contribution in [2.75, 3.05) is 18.0 Å². The summed E-state index contributed by atoms with van der Waals surface area (Å²) in [7, 11) is 0. The van der Waals surface area contributed by atoms with Gasteiger partial charge in [-0.1, -0.05) is 0 Å². The van der Waals surface area contributed by atoms with Crippen molar-refractivity contribution >= 4 is 23.4 Å². The Morgan fingerprint density at radius 3 is 2.54 bits per heavy atom. The van der Waals surface area contributed by atoms with Gasteiger partial charge in [-0.2, -0.15) is 0 Å². The number of benzene rings is 1. The van der Waals surface area contributed by atoms with Gasteiger partial charge in [-0.3, -0.25) is 19.7 Å². The smallest absolute Gasteiger partial charge is 0.258 e. The number of carbonyl (C=O) groups excluding carboxylic acids is 3. The molecule has 5 aliphatic rings. The molecular formula is C18H19FN4O3. The molecule has 4 fully saturated rings. The Hall–Kier alpha value is -2.48. The van der Waals surface area contributed by atoms with Crippen LogP contribution in [0.25, 0.3) is 0 Å². The van der Waals surface area contributed by atoms with E-state index in [1.807, 2.05) is 6.07 Å². The maximum absolute atomic E-state index is 14.7. The Bertz CT molecular complexity index is 826. The van der Waals surface area contributed by atoms with Gasteiger partial charge in [-0.25, -0.2) is 4.39 Å². The Kier molecular flexibility index (Phi) is 3.34. The van der Waals surface area contributed by atoms with Crippen molar-refractivity contribution in [3.63, 3.8) is 0 Å². The molecule has 1 aromatic carbocycles. The third-order valence-corrected chi connectivity index (χ3v) is 5.85. The maximum Gasteiger partial charge on any atom is 0.258 e. The van der Waals surface area contributed by atoms with Crippen LogP contribution in [-0.4, -0.2) is 53.8 Å². The van der Waals surface area contributed by atoms with Crippen LogP contribution < -0.4 is 15.5 Å². The molecule has 3 amide bonds. The average molecular weight is 358 g/mol. The largest absolute Gasteiger partial charge is 0.368 e. The lowest BCUT2D eigenvalue weighted by atomic mass is 9.91. The van der Waals surface area contributed by atoms with Crippen molar-refractivity contribution < 1.29 is 18.8 Å². The molecule has 5 heterocycles. The predicted molar refractivity (Wildman–Crippen MR) is 90.0 cm³/mol. The summed E-state index contributed by atoms with van der Waals surface area (Å²) in [5.41, 5.74) is 1.45. The van der Waals surface area contributed by atoms with Crippen molar-refractivity contribution in [1.29, 1.82) is 0 Å². The molecule has 3 atom stereocenters. The zero-order valence-corrected chi connectivity index (χ0v) is 14.1. The second-order valence-corrected chi connectivity index (χ2v) is 7.56. The van der Waals surface area contributed by atoms with Gasteiger partial charge in [-0.15, -0.1) is 0 Å². The van der Waals surface area contributed by atoms with Crippen LogP contribution in [0.3, 0.4) is 0 Å². The highest BCUT2D eigenvalue weighted by atomic mass is 19.1. The van der Waals surface area contributed by atoms with Gasteiger partial charge >= 0.3 is 0 Å². The Balaban J connectivity index is 1.42. The van der Waals surface area contributed by atoms with Crippen LogP contribution in [0.15, 0.2) is 12.1 Å². The van der Waals surface area contributed by atoms with Crippen LogP contribution in [0.2, 0.25) is 0 Å². The van der Waals surface area contributed by atoms with Crippen molar-refractivity contribution in [3.05, 3.63) is 29.1 Å². The molecule has 3 unspecified atom stereocenters. The summed E-state index contributed by atoms with van der Waals surface area (Å²) in [4.78, 5) is 39.6. The first kappa shape index (κ1) is 15.7. The van der Waals surface area contributed by atoms with Crippen LogP contribution in [0, 0.1) is 5.82 Å². The van der Waals surface area contributed by atoms with Crippen LogP contribution in [0.1, 0.15) is 35.2 Å². The number of imide groups is 1. The normalized spacial score (nSPS) is 30.2. The molecule has 2 N–H and O–H groups in total. The Morgan fingerprint density at radius 2 is 1.85 bits per heavy atom. The highest BCUT2D eigenvalue weighted by molar-refractivity contribution is 6.05. The number of anilines is 1. The van der Waals surface area contributed by atoms with E-state index in [1.165, 1.54) is 11.0 Å². The van der Waals surface area contributed by atoms with E-state index in [0.717, 1.165) is 25.2 Å². The number of piperazine rings is 1. The van der Waals surface area contributed by atoms with E-state index in [-0.39, 0.29) is 30.9 Å². The Labute approximate surface area is 149 Å². The molecule has 5 aliphatic heterocycles. The number of halogens is 1. The van der Waals surface area contributed by atoms with Gasteiger partial charge in [0.15, 0.2) is 0 Å². The van der Waals surface area contributed by atoms with E-state index in [1.54, 1.807) is 0 Å². The molecule has 7 nitrogen and oxygen atoms in total. The second kappa shape index (κ2) is 5.51. The SMILES string of the molecule is O=C1CCC(N2Cc3cc(N4CC5CC(C4)N5)cc(F)c3C2=O)C(=O)N1. The van der Waals surface area contributed by atoms with Gasteiger partial charge in [-0.05, 0) is 30.5 Å². The van der Waals surface area contributed by atoms with Gasteiger partial charge in [0.2, 0.25) is 11.8 Å². The molecule has 0 saturated carbocycles. The van der Waals surface area contributed by atoms with Gasteiger partial charge in [0.1, 0.15) is 11.9 Å². The minimum absolute atomic E-state index is 0.0544. The minimum atomic E-state index is -0.720. The van der Waals surface area contributed by atoms with Crippen molar-refractivity contribution in [2.45, 2.75) is 43.9 Å². The molecule has 2 bridgehead atoms. The number of piperidine rings is 2. The molecule has 0 spiro atoms. The Morgan fingerprint density at radius 1 is 1.12 bits per heavy atom. The zero-order valence-electron chi connectivity index (χ0n) is 14.1. The first-order valence-corrected chi connectivity index (χ1v) is 8.97. The second-order valence-electron chi connectivity index (χ2n) is 7.56. The number of hydrogen-bond acceptors (Lipinski definition) is 5. The van der Waals surface area contributed by atoms with E-state index in [2.05, 4.69) is 15.5 Å². The average Bonchev–Trinajstić information content (AvgIpc) is 2.91. The quantitative estimate of drug-likeness (QED) is 0.735. The fourth-order valence-corrected chi connectivity index (χ4v) is 4.55. The van der Waals surface area contributed by atoms with Crippen molar-refractivity contribution in [2.24, 2.45) is 0 Å². The number of carbonyl (C=O) groups is 3. The van der Waals surface area contributed by atoms with E-state index < -0.39 is 23.7 Å². The van der Waals surface area contributed by atoms with E-state index in [4.69, 9.17) is 0 Å². The monoisotopic (exact) mass is 358 g/mol. The van der Waals surface area contributed by atoms with Crippen LogP contribution in [0.4, 0.5) is 10.1 Å². The van der Waals surface area contributed by atoms with Gasteiger partial charge < -0.3 is 15.1 Å². The molecule has 1 aromatic rings. The molecule has 0 aromatic heterocycles. The zero-order chi connectivity index (χ0) is 18.0. The molecular weight excluding hydrogens is 339 g/mol. The maximum atomic E-state index is 14.7. The number of fused-ring (bicyclic) bond motifs is 3. The summed E-state index contributed by atoms with van der Waals surface area (Å²) >= 11 is 0. The molecule has 26 heavy (non-hydrogen) atoms. The third-order valence-electron chi connectivity index (χ3n) is 5.85. The van der Waals surface area contributed by atoms with E-state index in [0.29, 0.717) is 17.6 Å². The van der Waals surface area contributed by atoms with Gasteiger partial charge in [0, 0.05) is 43.8 Å². The lowest BCUT2D eigenvalue weighted by Gasteiger charge is -2.49. The summed E-state index contributed by atoms with van der Waals surface area (Å²) in [6.07, 6.45) is 1.62. The molecule has 136 valence electrons. The fraction of sp³-hybridized carbons (Fsp3) is 0.500. The highest BCUT2D eigenvalue weighted by Gasteiger charge is 2.42. The summed E-state index contributed by atoms with van der Waals surface area (Å²) in [6, 6.07) is 3.48. The van der Waals surface area contributed by atoms with Crippen LogP contribution >= 0.6 is 0 Å². The number of rotatable bonds is 2. The summed E-state index contributed by atoms with van der Waals surface area (Å²) in [5.74, 6) is -1.82. The number of hydrogen-bond donors (Lipinski definition) is 2. The molecule has 4 saturated heterocycles. The summed E-state index contributed by atoms with van der Waals surface area (Å²) in [5, 5.41) is 5.70. The van der Waals surface area contributed by atoms with Gasteiger partial charge in [0.25, 0.3) is 5.91 Å². The molecule has 0 aliphatic carbocycles. The first-order valence-electron chi connectivity index (χ1n) is 8.97. The van der Waals surface area contributed by atoms with E-state index >= 15 is 0 Å². The molecule has 8 heteroatoms. The lowest BCUT2D eigenvalue weighted by molar-refractivity contribution is -0.136. The molecule has 0 radical (unpaired) electrons. The standard InChI is InChI=1S/C18H19FN4O3/c19-13-5-12(22-7-10-4-11(8-22)20-10)3-9-6-23(18(26)16(9)13)14-1-2-15(24)21-17(14)25/h3,5,10-11,14,20H,1-2,4,6-8H2,(H,21,24,25). The van der Waals surface area contributed by atoms with Crippen LogP contribution in [0.5, 0.6) is 0 Å².